The Hall–Kier alpha value is -5.12. The molecule has 0 unspecified atom stereocenters. The summed E-state index contributed by atoms with van der Waals surface area (Å²) >= 11 is 0. The van der Waals surface area contributed by atoms with Crippen molar-refractivity contribution in [3.05, 3.63) is 72.9 Å². The summed E-state index contributed by atoms with van der Waals surface area (Å²) in [4.78, 5) is 29.4. The molecule has 6 aromatic rings. The molecule has 0 saturated heterocycles. The molecule has 0 aliphatic heterocycles. The van der Waals surface area contributed by atoms with Crippen molar-refractivity contribution in [3.8, 4) is 39.7 Å². The average Bonchev–Trinajstić information content (AvgIpc) is 3.51. The van der Waals surface area contributed by atoms with Gasteiger partial charge < -0.3 is 15.4 Å². The van der Waals surface area contributed by atoms with Gasteiger partial charge in [0.15, 0.2) is 0 Å². The zero-order valence-corrected chi connectivity index (χ0v) is 21.4. The Bertz CT molecular complexity index is 1860. The van der Waals surface area contributed by atoms with Gasteiger partial charge in [-0.05, 0) is 42.5 Å². The smallest absolute Gasteiger partial charge is 0.229 e. The van der Waals surface area contributed by atoms with Gasteiger partial charge in [0, 0.05) is 45.9 Å². The number of hydrogen-bond acceptors (Lipinski definition) is 6. The van der Waals surface area contributed by atoms with Crippen LogP contribution in [-0.2, 0) is 4.79 Å². The molecular weight excluding hydrogens is 497 g/mol. The van der Waals surface area contributed by atoms with E-state index in [1.807, 2.05) is 51.1 Å². The van der Waals surface area contributed by atoms with Gasteiger partial charge in [0.2, 0.25) is 5.91 Å². The fourth-order valence-corrected chi connectivity index (χ4v) is 4.34. The number of anilines is 1. The summed E-state index contributed by atoms with van der Waals surface area (Å²) in [5.41, 5.74) is 5.89. The van der Waals surface area contributed by atoms with Crippen LogP contribution in [0.5, 0.6) is 5.75 Å². The molecule has 0 aliphatic carbocycles. The minimum absolute atomic E-state index is 0.108. The molecule has 9 nitrogen and oxygen atoms in total. The number of fused-ring (bicyclic) bond motifs is 2. The van der Waals surface area contributed by atoms with Crippen molar-refractivity contribution in [2.75, 3.05) is 5.32 Å². The molecule has 0 aliphatic rings. The number of phenolic OH excluding ortho intramolecular Hbond substituents is 1. The second kappa shape index (κ2) is 9.02. The first-order valence-corrected chi connectivity index (χ1v) is 12.3. The van der Waals surface area contributed by atoms with Crippen LogP contribution < -0.4 is 5.32 Å². The van der Waals surface area contributed by atoms with Gasteiger partial charge in [-0.2, -0.15) is 5.10 Å². The molecule has 1 aromatic carbocycles. The molecule has 0 atom stereocenters. The van der Waals surface area contributed by atoms with Crippen LogP contribution in [0.3, 0.4) is 0 Å². The van der Waals surface area contributed by atoms with Crippen molar-refractivity contribution in [1.82, 2.24) is 30.1 Å². The number of aromatic amines is 2. The zero-order chi connectivity index (χ0) is 27.3. The summed E-state index contributed by atoms with van der Waals surface area (Å²) in [5.74, 6) is -0.833. The van der Waals surface area contributed by atoms with E-state index in [1.54, 1.807) is 18.6 Å². The summed E-state index contributed by atoms with van der Waals surface area (Å²) in [6, 6.07) is 13.1. The lowest BCUT2D eigenvalue weighted by atomic mass is 9.95. The van der Waals surface area contributed by atoms with Crippen LogP contribution in [0.25, 0.3) is 55.8 Å². The predicted molar refractivity (Wildman–Crippen MR) is 147 cm³/mol. The van der Waals surface area contributed by atoms with Crippen molar-refractivity contribution in [3.63, 3.8) is 0 Å². The van der Waals surface area contributed by atoms with Crippen molar-refractivity contribution in [2.24, 2.45) is 5.41 Å². The van der Waals surface area contributed by atoms with E-state index in [-0.39, 0.29) is 11.7 Å². The van der Waals surface area contributed by atoms with Crippen LogP contribution in [0, 0.1) is 11.2 Å². The van der Waals surface area contributed by atoms with Crippen LogP contribution >= 0.6 is 0 Å². The lowest BCUT2D eigenvalue weighted by Crippen LogP contribution is -2.27. The topological polar surface area (TPSA) is 132 Å². The van der Waals surface area contributed by atoms with E-state index in [0.29, 0.717) is 39.5 Å². The van der Waals surface area contributed by atoms with Gasteiger partial charge in [-0.25, -0.2) is 9.37 Å². The number of H-pyrrole nitrogens is 2. The lowest BCUT2D eigenvalue weighted by molar-refractivity contribution is -0.123. The number of hydrogen-bond donors (Lipinski definition) is 4. The summed E-state index contributed by atoms with van der Waals surface area (Å²) in [7, 11) is 0. The molecule has 1 amide bonds. The van der Waals surface area contributed by atoms with E-state index in [4.69, 9.17) is 4.98 Å². The Balaban J connectivity index is 1.41. The highest BCUT2D eigenvalue weighted by atomic mass is 19.1. The second-order valence-electron chi connectivity index (χ2n) is 10.3. The molecule has 5 aromatic heterocycles. The first kappa shape index (κ1) is 24.2. The van der Waals surface area contributed by atoms with E-state index >= 15 is 0 Å². The zero-order valence-electron chi connectivity index (χ0n) is 21.4. The third-order valence-corrected chi connectivity index (χ3v) is 6.34. The molecule has 0 saturated carbocycles. The number of aromatic nitrogens is 6. The quantitative estimate of drug-likeness (QED) is 0.223. The number of nitrogens with zero attached hydrogens (tertiary/aromatic N) is 4. The van der Waals surface area contributed by atoms with Gasteiger partial charge >= 0.3 is 0 Å². The fourth-order valence-electron chi connectivity index (χ4n) is 4.34. The maximum Gasteiger partial charge on any atom is 0.229 e. The molecule has 39 heavy (non-hydrogen) atoms. The Morgan fingerprint density at radius 2 is 1.82 bits per heavy atom. The summed E-state index contributed by atoms with van der Waals surface area (Å²) < 4.78 is 14.0. The molecular formula is C29H24FN7O2. The minimum atomic E-state index is -0.550. The number of rotatable bonds is 4. The first-order chi connectivity index (χ1) is 18.7. The molecule has 0 spiro atoms. The number of amides is 1. The number of halogens is 1. The van der Waals surface area contributed by atoms with Crippen LogP contribution in [-0.4, -0.2) is 41.1 Å². The molecule has 0 fully saturated rings. The molecule has 0 bridgehead atoms. The van der Waals surface area contributed by atoms with Crippen molar-refractivity contribution < 1.29 is 14.3 Å². The largest absolute Gasteiger partial charge is 0.508 e. The van der Waals surface area contributed by atoms with Crippen molar-refractivity contribution in [1.29, 1.82) is 0 Å². The van der Waals surface area contributed by atoms with Gasteiger partial charge in [-0.3, -0.25) is 19.9 Å². The number of carbonyl (C=O) groups is 1. The maximum atomic E-state index is 14.0. The standard InChI is InChI=1S/C29H24FN7O2/c1-29(2,3)28(39)33-18-9-16(13-31-14-18)21-4-5-23-26(35-21)27(37-36-23)24-12-20-22(34-24)6-7-32-25(20)15-8-17(30)11-19(38)10-15/h4-14,34,38H,1-3H3,(H,33,39)(H,36,37). The summed E-state index contributed by atoms with van der Waals surface area (Å²) in [6.07, 6.45) is 4.91. The molecule has 194 valence electrons. The minimum Gasteiger partial charge on any atom is -0.508 e. The van der Waals surface area contributed by atoms with Crippen molar-refractivity contribution >= 4 is 33.5 Å². The van der Waals surface area contributed by atoms with E-state index in [0.717, 1.165) is 28.0 Å². The first-order valence-electron chi connectivity index (χ1n) is 12.3. The number of aromatic hydroxyl groups is 1. The second-order valence-corrected chi connectivity index (χ2v) is 10.3. The van der Waals surface area contributed by atoms with Crippen LogP contribution in [0.2, 0.25) is 0 Å². The van der Waals surface area contributed by atoms with E-state index in [2.05, 4.69) is 30.5 Å². The predicted octanol–water partition coefficient (Wildman–Crippen LogP) is 6.06. The highest BCUT2D eigenvalue weighted by Crippen LogP contribution is 2.34. The molecule has 6 rings (SSSR count). The summed E-state index contributed by atoms with van der Waals surface area (Å²) in [5, 5.41) is 21.1. The van der Waals surface area contributed by atoms with Crippen molar-refractivity contribution in [2.45, 2.75) is 20.8 Å². The maximum absolute atomic E-state index is 14.0. The molecule has 5 heterocycles. The van der Waals surface area contributed by atoms with E-state index in [1.165, 1.54) is 12.1 Å². The fraction of sp³-hybridized carbons (Fsp3) is 0.138. The van der Waals surface area contributed by atoms with E-state index < -0.39 is 11.2 Å². The number of phenols is 1. The number of pyridine rings is 3. The Morgan fingerprint density at radius 3 is 2.62 bits per heavy atom. The van der Waals surface area contributed by atoms with Gasteiger partial charge in [-0.1, -0.05) is 20.8 Å². The molecule has 0 radical (unpaired) electrons. The Morgan fingerprint density at radius 1 is 0.974 bits per heavy atom. The molecule has 10 heteroatoms. The highest BCUT2D eigenvalue weighted by molar-refractivity contribution is 5.99. The van der Waals surface area contributed by atoms with Gasteiger partial charge in [0.05, 0.1) is 34.5 Å². The van der Waals surface area contributed by atoms with Crippen LogP contribution in [0.15, 0.2) is 67.1 Å². The number of carbonyl (C=O) groups excluding carboxylic acids is 1. The SMILES string of the molecule is CC(C)(C)C(=O)Nc1cncc(-c2ccc3[nH]nc(-c4cc5c(-c6cc(O)cc(F)c6)nccc5[nH]4)c3n2)c1. The third kappa shape index (κ3) is 4.56. The normalized spacial score (nSPS) is 11.8. The van der Waals surface area contributed by atoms with Crippen LogP contribution in [0.1, 0.15) is 20.8 Å². The van der Waals surface area contributed by atoms with Gasteiger partial charge in [0.1, 0.15) is 22.8 Å². The average molecular weight is 522 g/mol. The monoisotopic (exact) mass is 521 g/mol. The van der Waals surface area contributed by atoms with Gasteiger partial charge in [0.25, 0.3) is 0 Å². The van der Waals surface area contributed by atoms with Crippen LogP contribution in [0.4, 0.5) is 10.1 Å². The third-order valence-electron chi connectivity index (χ3n) is 6.34. The number of benzene rings is 1. The van der Waals surface area contributed by atoms with Gasteiger partial charge in [-0.15, -0.1) is 0 Å². The number of nitrogens with one attached hydrogen (secondary N) is 3. The Kier molecular flexibility index (Phi) is 5.60. The van der Waals surface area contributed by atoms with E-state index in [9.17, 15) is 14.3 Å². The lowest BCUT2D eigenvalue weighted by Gasteiger charge is -2.17. The summed E-state index contributed by atoms with van der Waals surface area (Å²) in [6.45, 7) is 5.54. The Labute approximate surface area is 222 Å². The highest BCUT2D eigenvalue weighted by Gasteiger charge is 2.22. The molecule has 4 N–H and O–H groups in total.